The van der Waals surface area contributed by atoms with E-state index >= 15 is 0 Å². The third-order valence-corrected chi connectivity index (χ3v) is 5.08. The second kappa shape index (κ2) is 7.20. The number of benzene rings is 2. The zero-order chi connectivity index (χ0) is 19.8. The molecule has 0 fully saturated rings. The Balaban J connectivity index is 1.89. The second-order valence-corrected chi connectivity index (χ2v) is 7.25. The van der Waals surface area contributed by atoms with Gasteiger partial charge >= 0.3 is 0 Å². The van der Waals surface area contributed by atoms with Gasteiger partial charge in [0.25, 0.3) is 5.91 Å². The highest BCUT2D eigenvalue weighted by Gasteiger charge is 2.43. The lowest BCUT2D eigenvalue weighted by Crippen LogP contribution is -2.32. The van der Waals surface area contributed by atoms with Crippen molar-refractivity contribution < 1.29 is 13.6 Å². The van der Waals surface area contributed by atoms with Gasteiger partial charge in [0.1, 0.15) is 11.4 Å². The number of carbonyl (C=O) groups excluding carboxylic acids is 1. The zero-order valence-electron chi connectivity index (χ0n) is 15.8. The average Bonchev–Trinajstić information content (AvgIpc) is 2.95. The Bertz CT molecular complexity index is 1110. The standard InChI is InChI=1S/C22H21FN2O3/c1-24(2)12-7-13-25-19(14-8-3-5-10-16(14)23)18-20(26)15-9-4-6-11-17(15)28-21(18)22(25)27/h3-6,8-11,19H,7,12-13H2,1-2H3. The number of halogens is 1. The van der Waals surface area contributed by atoms with E-state index in [0.717, 1.165) is 6.54 Å². The molecule has 28 heavy (non-hydrogen) atoms. The molecule has 4 rings (SSSR count). The highest BCUT2D eigenvalue weighted by molar-refractivity contribution is 5.99. The first-order chi connectivity index (χ1) is 13.5. The van der Waals surface area contributed by atoms with E-state index in [0.29, 0.717) is 29.5 Å². The lowest BCUT2D eigenvalue weighted by Gasteiger charge is -2.26. The van der Waals surface area contributed by atoms with Crippen molar-refractivity contribution in [2.45, 2.75) is 12.5 Å². The van der Waals surface area contributed by atoms with Crippen molar-refractivity contribution in [3.05, 3.63) is 81.5 Å². The molecule has 0 aliphatic carbocycles. The Morgan fingerprint density at radius 3 is 2.54 bits per heavy atom. The molecule has 1 aliphatic rings. The van der Waals surface area contributed by atoms with Gasteiger partial charge in [-0.3, -0.25) is 9.59 Å². The molecule has 1 aliphatic heterocycles. The molecule has 1 amide bonds. The molecule has 1 unspecified atom stereocenters. The molecule has 0 spiro atoms. The summed E-state index contributed by atoms with van der Waals surface area (Å²) in [6.45, 7) is 1.17. The third-order valence-electron chi connectivity index (χ3n) is 5.08. The van der Waals surface area contributed by atoms with Crippen LogP contribution < -0.4 is 5.43 Å². The quantitative estimate of drug-likeness (QED) is 0.681. The summed E-state index contributed by atoms with van der Waals surface area (Å²) >= 11 is 0. The third kappa shape index (κ3) is 2.99. The predicted octanol–water partition coefficient (Wildman–Crippen LogP) is 3.43. The minimum Gasteiger partial charge on any atom is -0.450 e. The van der Waals surface area contributed by atoms with Crippen LogP contribution in [0.25, 0.3) is 11.0 Å². The summed E-state index contributed by atoms with van der Waals surface area (Å²) in [5.74, 6) is -0.801. The van der Waals surface area contributed by atoms with Crippen LogP contribution in [0.4, 0.5) is 4.39 Å². The molecule has 1 atom stereocenters. The molecular formula is C22H21FN2O3. The Labute approximate surface area is 162 Å². The number of carbonyl (C=O) groups is 1. The van der Waals surface area contributed by atoms with Crippen LogP contribution in [-0.4, -0.2) is 42.9 Å². The Hall–Kier alpha value is -2.99. The zero-order valence-corrected chi connectivity index (χ0v) is 15.8. The van der Waals surface area contributed by atoms with Crippen LogP contribution in [0.15, 0.2) is 57.7 Å². The molecule has 0 saturated carbocycles. The minimum atomic E-state index is -0.785. The maximum atomic E-state index is 14.7. The van der Waals surface area contributed by atoms with E-state index < -0.39 is 11.9 Å². The SMILES string of the molecule is CN(C)CCCN1C(=O)c2oc3ccccc3c(=O)c2C1c1ccccc1F. The largest absolute Gasteiger partial charge is 0.450 e. The van der Waals surface area contributed by atoms with E-state index in [1.165, 1.54) is 6.07 Å². The van der Waals surface area contributed by atoms with Crippen LogP contribution in [0, 0.1) is 5.82 Å². The van der Waals surface area contributed by atoms with Crippen LogP contribution in [0.5, 0.6) is 0 Å². The van der Waals surface area contributed by atoms with Crippen LogP contribution in [-0.2, 0) is 0 Å². The summed E-state index contributed by atoms with van der Waals surface area (Å²) in [5, 5.41) is 0.394. The van der Waals surface area contributed by atoms with Gasteiger partial charge in [0.05, 0.1) is 17.0 Å². The number of amides is 1. The highest BCUT2D eigenvalue weighted by Crippen LogP contribution is 2.39. The highest BCUT2D eigenvalue weighted by atomic mass is 19.1. The van der Waals surface area contributed by atoms with Crippen molar-refractivity contribution >= 4 is 16.9 Å². The first kappa shape index (κ1) is 18.4. The predicted molar refractivity (Wildman–Crippen MR) is 105 cm³/mol. The minimum absolute atomic E-state index is 0.0156. The fraction of sp³-hybridized carbons (Fsp3) is 0.273. The van der Waals surface area contributed by atoms with Gasteiger partial charge in [0, 0.05) is 12.1 Å². The van der Waals surface area contributed by atoms with Gasteiger partial charge in [-0.25, -0.2) is 4.39 Å². The maximum Gasteiger partial charge on any atom is 0.290 e. The van der Waals surface area contributed by atoms with E-state index in [9.17, 15) is 14.0 Å². The Kier molecular flexibility index (Phi) is 4.73. The van der Waals surface area contributed by atoms with Crippen molar-refractivity contribution in [2.75, 3.05) is 27.2 Å². The fourth-order valence-corrected chi connectivity index (χ4v) is 3.78. The van der Waals surface area contributed by atoms with Gasteiger partial charge in [-0.1, -0.05) is 30.3 Å². The Morgan fingerprint density at radius 2 is 1.79 bits per heavy atom. The van der Waals surface area contributed by atoms with Gasteiger partial charge < -0.3 is 14.2 Å². The van der Waals surface area contributed by atoms with Crippen LogP contribution in [0.1, 0.15) is 34.1 Å². The summed E-state index contributed by atoms with van der Waals surface area (Å²) in [5.41, 5.74) is 0.608. The molecule has 144 valence electrons. The van der Waals surface area contributed by atoms with E-state index in [-0.39, 0.29) is 22.7 Å². The van der Waals surface area contributed by atoms with E-state index in [2.05, 4.69) is 0 Å². The lowest BCUT2D eigenvalue weighted by molar-refractivity contribution is 0.0720. The van der Waals surface area contributed by atoms with E-state index in [4.69, 9.17) is 4.42 Å². The smallest absolute Gasteiger partial charge is 0.290 e. The van der Waals surface area contributed by atoms with Crippen molar-refractivity contribution in [3.63, 3.8) is 0 Å². The normalized spacial score (nSPS) is 16.2. The van der Waals surface area contributed by atoms with Crippen LogP contribution >= 0.6 is 0 Å². The number of rotatable bonds is 5. The van der Waals surface area contributed by atoms with Gasteiger partial charge in [-0.05, 0) is 45.3 Å². The van der Waals surface area contributed by atoms with E-state index in [1.807, 2.05) is 19.0 Å². The first-order valence-electron chi connectivity index (χ1n) is 9.25. The molecular weight excluding hydrogens is 359 g/mol. The summed E-state index contributed by atoms with van der Waals surface area (Å²) in [4.78, 5) is 29.9. The molecule has 1 aromatic heterocycles. The lowest BCUT2D eigenvalue weighted by atomic mass is 9.98. The van der Waals surface area contributed by atoms with Crippen molar-refractivity contribution in [1.82, 2.24) is 9.80 Å². The number of hydrogen-bond donors (Lipinski definition) is 0. The van der Waals surface area contributed by atoms with Gasteiger partial charge in [0.15, 0.2) is 5.43 Å². The number of fused-ring (bicyclic) bond motifs is 2. The topological polar surface area (TPSA) is 53.8 Å². The van der Waals surface area contributed by atoms with Crippen molar-refractivity contribution in [3.8, 4) is 0 Å². The maximum absolute atomic E-state index is 14.7. The number of hydrogen-bond acceptors (Lipinski definition) is 4. The van der Waals surface area contributed by atoms with Gasteiger partial charge in [-0.2, -0.15) is 0 Å². The van der Waals surface area contributed by atoms with Gasteiger partial charge in [0.2, 0.25) is 5.76 Å². The average molecular weight is 380 g/mol. The second-order valence-electron chi connectivity index (χ2n) is 7.25. The molecule has 0 N–H and O–H groups in total. The summed E-state index contributed by atoms with van der Waals surface area (Å²) in [6.07, 6.45) is 0.700. The number of para-hydroxylation sites is 1. The van der Waals surface area contributed by atoms with Crippen molar-refractivity contribution in [2.24, 2.45) is 0 Å². The number of nitrogens with zero attached hydrogens (tertiary/aromatic N) is 2. The molecule has 0 bridgehead atoms. The summed E-state index contributed by atoms with van der Waals surface area (Å²) in [6, 6.07) is 12.3. The van der Waals surface area contributed by atoms with E-state index in [1.54, 1.807) is 47.4 Å². The molecule has 3 aromatic rings. The molecule has 6 heteroatoms. The fourth-order valence-electron chi connectivity index (χ4n) is 3.78. The molecule has 0 radical (unpaired) electrons. The molecule has 0 saturated heterocycles. The van der Waals surface area contributed by atoms with Gasteiger partial charge in [-0.15, -0.1) is 0 Å². The van der Waals surface area contributed by atoms with Crippen molar-refractivity contribution in [1.29, 1.82) is 0 Å². The summed E-state index contributed by atoms with van der Waals surface area (Å²) < 4.78 is 20.5. The molecule has 2 aromatic carbocycles. The first-order valence-corrected chi connectivity index (χ1v) is 9.25. The molecule has 5 nitrogen and oxygen atoms in total. The Morgan fingerprint density at radius 1 is 1.07 bits per heavy atom. The van der Waals surface area contributed by atoms with Crippen LogP contribution in [0.3, 0.4) is 0 Å². The van der Waals surface area contributed by atoms with Crippen LogP contribution in [0.2, 0.25) is 0 Å². The monoisotopic (exact) mass is 380 g/mol. The molecule has 2 heterocycles. The summed E-state index contributed by atoms with van der Waals surface area (Å²) in [7, 11) is 3.90.